The first kappa shape index (κ1) is 27.4. The van der Waals surface area contributed by atoms with Gasteiger partial charge in [-0.1, -0.05) is 30.3 Å². The third-order valence-electron chi connectivity index (χ3n) is 6.64. The molecule has 0 aliphatic heterocycles. The summed E-state index contributed by atoms with van der Waals surface area (Å²) in [5.41, 5.74) is 8.77. The first-order valence-corrected chi connectivity index (χ1v) is 14.0. The van der Waals surface area contributed by atoms with Gasteiger partial charge in [-0.15, -0.1) is 0 Å². The molecule has 0 saturated carbocycles. The van der Waals surface area contributed by atoms with Crippen LogP contribution in [0.15, 0.2) is 94.9 Å². The van der Waals surface area contributed by atoms with Crippen LogP contribution in [0.3, 0.4) is 0 Å². The van der Waals surface area contributed by atoms with Crippen molar-refractivity contribution < 1.29 is 13.5 Å². The second kappa shape index (κ2) is 11.4. The second-order valence-corrected chi connectivity index (χ2v) is 11.6. The van der Waals surface area contributed by atoms with Gasteiger partial charge in [0.1, 0.15) is 5.84 Å². The molecule has 0 bridgehead atoms. The van der Waals surface area contributed by atoms with Crippen LogP contribution in [0.4, 0.5) is 5.69 Å². The van der Waals surface area contributed by atoms with Gasteiger partial charge in [0.05, 0.1) is 11.0 Å². The molecule has 0 fully saturated rings. The number of benzene rings is 3. The minimum atomic E-state index is -3.71. The highest BCUT2D eigenvalue weighted by atomic mass is 32.2. The monoisotopic (exact) mass is 533 g/mol. The number of anilines is 1. The molecule has 0 spiro atoms. The average molecular weight is 534 g/mol. The summed E-state index contributed by atoms with van der Waals surface area (Å²) < 4.78 is 30.1. The van der Waals surface area contributed by atoms with Crippen LogP contribution < -0.4 is 15.8 Å². The van der Waals surface area contributed by atoms with E-state index in [2.05, 4.69) is 51.8 Å². The van der Waals surface area contributed by atoms with Crippen LogP contribution in [0.25, 0.3) is 10.9 Å². The second-order valence-electron chi connectivity index (χ2n) is 9.97. The highest BCUT2D eigenvalue weighted by molar-refractivity contribution is 7.92. The van der Waals surface area contributed by atoms with Crippen LogP contribution >= 0.6 is 0 Å². The van der Waals surface area contributed by atoms with Gasteiger partial charge in [0.15, 0.2) is 0 Å². The fraction of sp³-hybridized carbons (Fsp3) is 0.276. The number of β-amino-alcohol motifs (C(OH)–C–C–N with tert-alkyl or cyclic N) is 1. The Morgan fingerprint density at radius 1 is 1.05 bits per heavy atom. The standard InChI is InChI=1S/C29H35N5O3S/c1-29(2,15-17-34-16-14-21-18-23(28(30)31-3)12-13-26(21)34)32-20-27(35)22-8-7-9-24(19-22)33-38(36,37)25-10-5-4-6-11-25/h4-14,16,18-19,27,32-33,35H,15,17,20H2,1-3H3,(H2,30,31). The average Bonchev–Trinajstić information content (AvgIpc) is 3.33. The zero-order valence-electron chi connectivity index (χ0n) is 21.9. The molecule has 0 radical (unpaired) electrons. The third-order valence-corrected chi connectivity index (χ3v) is 8.03. The maximum atomic E-state index is 12.7. The lowest BCUT2D eigenvalue weighted by Crippen LogP contribution is -2.42. The number of nitrogens with one attached hydrogen (secondary N) is 2. The lowest BCUT2D eigenvalue weighted by atomic mass is 9.99. The first-order valence-electron chi connectivity index (χ1n) is 12.5. The number of aryl methyl sites for hydroxylation is 1. The predicted octanol–water partition coefficient (Wildman–Crippen LogP) is 4.27. The molecule has 8 nitrogen and oxygen atoms in total. The van der Waals surface area contributed by atoms with Gasteiger partial charge >= 0.3 is 0 Å². The molecule has 38 heavy (non-hydrogen) atoms. The van der Waals surface area contributed by atoms with E-state index in [1.807, 2.05) is 12.1 Å². The van der Waals surface area contributed by atoms with E-state index in [4.69, 9.17) is 5.73 Å². The van der Waals surface area contributed by atoms with Gasteiger partial charge in [-0.3, -0.25) is 9.71 Å². The molecule has 0 aliphatic rings. The van der Waals surface area contributed by atoms with Crippen molar-refractivity contribution in [2.24, 2.45) is 10.7 Å². The largest absolute Gasteiger partial charge is 0.387 e. The molecule has 1 aromatic heterocycles. The van der Waals surface area contributed by atoms with Crippen LogP contribution in [-0.4, -0.2) is 43.1 Å². The summed E-state index contributed by atoms with van der Waals surface area (Å²) in [7, 11) is -2.02. The van der Waals surface area contributed by atoms with Crippen molar-refractivity contribution in [3.8, 4) is 0 Å². The Bertz CT molecular complexity index is 1530. The van der Waals surface area contributed by atoms with Gasteiger partial charge in [0.25, 0.3) is 10.0 Å². The highest BCUT2D eigenvalue weighted by Gasteiger charge is 2.20. The molecular weight excluding hydrogens is 498 g/mol. The lowest BCUT2D eigenvalue weighted by Gasteiger charge is -2.28. The number of nitrogens with two attached hydrogens (primary N) is 1. The van der Waals surface area contributed by atoms with E-state index in [-0.39, 0.29) is 10.4 Å². The Labute approximate surface area is 224 Å². The van der Waals surface area contributed by atoms with Crippen LogP contribution in [0.2, 0.25) is 0 Å². The van der Waals surface area contributed by atoms with Crippen LogP contribution in [0, 0.1) is 0 Å². The SMILES string of the molecule is CN=C(N)c1ccc2c(ccn2CCC(C)(C)NCC(O)c2cccc(NS(=O)(=O)c3ccccc3)c2)c1. The number of nitrogens with zero attached hydrogens (tertiary/aromatic N) is 2. The van der Waals surface area contributed by atoms with Crippen LogP contribution in [0.1, 0.15) is 37.5 Å². The predicted molar refractivity (Wildman–Crippen MR) is 154 cm³/mol. The summed E-state index contributed by atoms with van der Waals surface area (Å²) in [6.45, 7) is 5.33. The lowest BCUT2D eigenvalue weighted by molar-refractivity contribution is 0.158. The number of aliphatic hydroxyl groups excluding tert-OH is 1. The number of hydrogen-bond acceptors (Lipinski definition) is 5. The van der Waals surface area contributed by atoms with Gasteiger partial charge in [-0.2, -0.15) is 0 Å². The molecule has 4 aromatic rings. The topological polar surface area (TPSA) is 122 Å². The van der Waals surface area contributed by atoms with E-state index in [9.17, 15) is 13.5 Å². The summed E-state index contributed by atoms with van der Waals surface area (Å²) in [6, 6.07) is 23.2. The molecular formula is C29H35N5O3S. The Balaban J connectivity index is 1.35. The van der Waals surface area contributed by atoms with Crippen LogP contribution in [-0.2, 0) is 16.6 Å². The number of aliphatic hydroxyl groups is 1. The number of fused-ring (bicyclic) bond motifs is 1. The van der Waals surface area contributed by atoms with E-state index < -0.39 is 16.1 Å². The minimum Gasteiger partial charge on any atom is -0.387 e. The molecule has 3 aromatic carbocycles. The van der Waals surface area contributed by atoms with Crippen LogP contribution in [0.5, 0.6) is 0 Å². The zero-order chi connectivity index (χ0) is 27.3. The summed E-state index contributed by atoms with van der Waals surface area (Å²) >= 11 is 0. The summed E-state index contributed by atoms with van der Waals surface area (Å²) in [4.78, 5) is 4.24. The van der Waals surface area contributed by atoms with E-state index >= 15 is 0 Å². The molecule has 1 heterocycles. The fourth-order valence-corrected chi connectivity index (χ4v) is 5.36. The van der Waals surface area contributed by atoms with Gasteiger partial charge in [0, 0.05) is 54.0 Å². The zero-order valence-corrected chi connectivity index (χ0v) is 22.7. The smallest absolute Gasteiger partial charge is 0.261 e. The fourth-order valence-electron chi connectivity index (χ4n) is 4.29. The molecule has 9 heteroatoms. The number of hydrogen-bond donors (Lipinski definition) is 4. The maximum Gasteiger partial charge on any atom is 0.261 e. The molecule has 200 valence electrons. The molecule has 5 N–H and O–H groups in total. The van der Waals surface area contributed by atoms with Gasteiger partial charge in [-0.25, -0.2) is 8.42 Å². The molecule has 0 amide bonds. The highest BCUT2D eigenvalue weighted by Crippen LogP contribution is 2.23. The summed E-state index contributed by atoms with van der Waals surface area (Å²) in [5, 5.41) is 15.4. The van der Waals surface area contributed by atoms with Gasteiger partial charge < -0.3 is 20.7 Å². The molecule has 1 atom stereocenters. The van der Waals surface area contributed by atoms with Gasteiger partial charge in [-0.05, 0) is 74.4 Å². The Morgan fingerprint density at radius 2 is 1.82 bits per heavy atom. The van der Waals surface area contributed by atoms with E-state index in [0.29, 0.717) is 23.6 Å². The number of amidine groups is 1. The number of sulfonamides is 1. The van der Waals surface area contributed by atoms with Crippen molar-refractivity contribution in [1.29, 1.82) is 0 Å². The van der Waals surface area contributed by atoms with E-state index in [1.165, 1.54) is 12.1 Å². The van der Waals surface area contributed by atoms with E-state index in [0.717, 1.165) is 29.4 Å². The van der Waals surface area contributed by atoms with Crippen molar-refractivity contribution in [2.75, 3.05) is 18.3 Å². The molecule has 0 aliphatic carbocycles. The van der Waals surface area contributed by atoms with Crippen molar-refractivity contribution in [3.63, 3.8) is 0 Å². The normalized spacial score (nSPS) is 13.5. The maximum absolute atomic E-state index is 12.7. The summed E-state index contributed by atoms with van der Waals surface area (Å²) in [5.74, 6) is 0.516. The van der Waals surface area contributed by atoms with Crippen molar-refractivity contribution in [3.05, 3.63) is 96.2 Å². The molecule has 4 rings (SSSR count). The number of aliphatic imine (C=N–C) groups is 1. The molecule has 1 unspecified atom stereocenters. The molecule has 0 saturated heterocycles. The van der Waals surface area contributed by atoms with Crippen molar-refractivity contribution >= 4 is 32.4 Å². The number of rotatable bonds is 11. The Morgan fingerprint density at radius 3 is 2.55 bits per heavy atom. The first-order chi connectivity index (χ1) is 18.1. The van der Waals surface area contributed by atoms with E-state index in [1.54, 1.807) is 49.5 Å². The quantitative estimate of drug-likeness (QED) is 0.169. The van der Waals surface area contributed by atoms with Crippen molar-refractivity contribution in [2.45, 2.75) is 43.4 Å². The minimum absolute atomic E-state index is 0.184. The number of aromatic nitrogens is 1. The van der Waals surface area contributed by atoms with Crippen molar-refractivity contribution in [1.82, 2.24) is 9.88 Å². The summed E-state index contributed by atoms with van der Waals surface area (Å²) in [6.07, 6.45) is 2.11. The Hall–Kier alpha value is -3.66. The third kappa shape index (κ3) is 6.61. The Kier molecular flexibility index (Phi) is 8.20. The van der Waals surface area contributed by atoms with Gasteiger partial charge in [0.2, 0.25) is 0 Å².